The molecule has 0 spiro atoms. The molecule has 154 valence electrons. The molecule has 2 aliphatic heterocycles. The van der Waals surface area contributed by atoms with Gasteiger partial charge in [0.25, 0.3) is 5.91 Å². The molecule has 0 saturated carbocycles. The molecule has 0 saturated heterocycles. The molecule has 2 aliphatic rings. The largest absolute Gasteiger partial charge is 0.483 e. The van der Waals surface area contributed by atoms with Crippen molar-refractivity contribution in [2.24, 2.45) is 0 Å². The summed E-state index contributed by atoms with van der Waals surface area (Å²) in [6.07, 6.45) is 1.31. The van der Waals surface area contributed by atoms with E-state index >= 15 is 0 Å². The number of aliphatic hydroxyl groups is 1. The minimum Gasteiger partial charge on any atom is -0.483 e. The van der Waals surface area contributed by atoms with Gasteiger partial charge in [-0.3, -0.25) is 9.69 Å². The number of amides is 1. The molecule has 1 atom stereocenters. The van der Waals surface area contributed by atoms with Gasteiger partial charge >= 0.3 is 0 Å². The summed E-state index contributed by atoms with van der Waals surface area (Å²) in [4.78, 5) is 14.4. The maximum absolute atomic E-state index is 12.2. The summed E-state index contributed by atoms with van der Waals surface area (Å²) in [7, 11) is 0. The fraction of sp³-hybridized carbons (Fsp3) is 0.435. The van der Waals surface area contributed by atoms with Crippen LogP contribution in [0.4, 0.5) is 0 Å². The molecule has 0 fully saturated rings. The van der Waals surface area contributed by atoms with Crippen LogP contribution >= 0.6 is 0 Å². The fourth-order valence-electron chi connectivity index (χ4n) is 4.13. The van der Waals surface area contributed by atoms with Gasteiger partial charge in [0.15, 0.2) is 6.61 Å². The van der Waals surface area contributed by atoms with Crippen molar-refractivity contribution in [3.63, 3.8) is 0 Å². The molecule has 1 unspecified atom stereocenters. The Morgan fingerprint density at radius 2 is 1.97 bits per heavy atom. The summed E-state index contributed by atoms with van der Waals surface area (Å²) < 4.78 is 5.76. The minimum atomic E-state index is -0.597. The highest BCUT2D eigenvalue weighted by molar-refractivity contribution is 5.77. The van der Waals surface area contributed by atoms with Crippen LogP contribution in [0.1, 0.15) is 22.3 Å². The number of ether oxygens (including phenoxy) is 1. The standard InChI is InChI=1S/C23H29N3O3/c27-20(15-26-11-9-17-4-1-2-5-19(17)14-26)13-25-23(28)16-29-22-7-3-6-18-12-24-10-8-21(18)22/h1-7,20,24,27H,8-16H2,(H,25,28). The lowest BCUT2D eigenvalue weighted by molar-refractivity contribution is -0.123. The Hall–Kier alpha value is -2.41. The number of carbonyl (C=O) groups excluding carboxylic acids is 1. The molecule has 29 heavy (non-hydrogen) atoms. The summed E-state index contributed by atoms with van der Waals surface area (Å²) in [5, 5.41) is 16.5. The third-order valence-electron chi connectivity index (χ3n) is 5.67. The molecule has 1 amide bonds. The van der Waals surface area contributed by atoms with Crippen LogP contribution in [-0.4, -0.2) is 54.8 Å². The third kappa shape index (κ3) is 5.15. The first-order chi connectivity index (χ1) is 14.2. The lowest BCUT2D eigenvalue weighted by Gasteiger charge is -2.30. The molecular weight excluding hydrogens is 366 g/mol. The number of rotatable bonds is 7. The molecule has 2 heterocycles. The number of aliphatic hydroxyl groups excluding tert-OH is 1. The smallest absolute Gasteiger partial charge is 0.258 e. The molecule has 0 bridgehead atoms. The monoisotopic (exact) mass is 395 g/mol. The molecule has 0 radical (unpaired) electrons. The van der Waals surface area contributed by atoms with Gasteiger partial charge in [-0.2, -0.15) is 0 Å². The first-order valence-corrected chi connectivity index (χ1v) is 10.4. The van der Waals surface area contributed by atoms with E-state index in [9.17, 15) is 9.90 Å². The Morgan fingerprint density at radius 1 is 1.14 bits per heavy atom. The summed E-state index contributed by atoms with van der Waals surface area (Å²) >= 11 is 0. The Labute approximate surface area is 171 Å². The number of hydrogen-bond acceptors (Lipinski definition) is 5. The van der Waals surface area contributed by atoms with Gasteiger partial charge in [0.05, 0.1) is 6.10 Å². The average molecular weight is 396 g/mol. The van der Waals surface area contributed by atoms with Gasteiger partial charge < -0.3 is 20.5 Å². The second-order valence-corrected chi connectivity index (χ2v) is 7.82. The topological polar surface area (TPSA) is 73.8 Å². The predicted molar refractivity (Wildman–Crippen MR) is 112 cm³/mol. The van der Waals surface area contributed by atoms with Crippen molar-refractivity contribution in [3.8, 4) is 5.75 Å². The van der Waals surface area contributed by atoms with E-state index in [-0.39, 0.29) is 19.1 Å². The zero-order chi connectivity index (χ0) is 20.1. The van der Waals surface area contributed by atoms with Crippen LogP contribution in [0.3, 0.4) is 0 Å². The summed E-state index contributed by atoms with van der Waals surface area (Å²) in [5.41, 5.74) is 5.13. The van der Waals surface area contributed by atoms with Crippen LogP contribution in [0.2, 0.25) is 0 Å². The van der Waals surface area contributed by atoms with Crippen LogP contribution < -0.4 is 15.4 Å². The van der Waals surface area contributed by atoms with Gasteiger partial charge in [0, 0.05) is 32.7 Å². The number of fused-ring (bicyclic) bond motifs is 2. The van der Waals surface area contributed by atoms with E-state index < -0.39 is 6.10 Å². The molecule has 0 aliphatic carbocycles. The van der Waals surface area contributed by atoms with Crippen LogP contribution in [0.25, 0.3) is 0 Å². The van der Waals surface area contributed by atoms with E-state index in [4.69, 9.17) is 4.74 Å². The number of nitrogens with zero attached hydrogens (tertiary/aromatic N) is 1. The van der Waals surface area contributed by atoms with Gasteiger partial charge in [-0.25, -0.2) is 0 Å². The number of nitrogens with one attached hydrogen (secondary N) is 2. The first kappa shape index (κ1) is 19.9. The van der Waals surface area contributed by atoms with E-state index in [1.54, 1.807) is 0 Å². The number of carbonyl (C=O) groups is 1. The second kappa shape index (κ2) is 9.39. The van der Waals surface area contributed by atoms with Crippen molar-refractivity contribution in [1.29, 1.82) is 0 Å². The van der Waals surface area contributed by atoms with Crippen molar-refractivity contribution in [2.75, 3.05) is 32.8 Å². The van der Waals surface area contributed by atoms with E-state index in [0.29, 0.717) is 6.54 Å². The zero-order valence-electron chi connectivity index (χ0n) is 16.7. The van der Waals surface area contributed by atoms with Crippen LogP contribution in [0, 0.1) is 0 Å². The van der Waals surface area contributed by atoms with Gasteiger partial charge in [0.2, 0.25) is 0 Å². The molecule has 3 N–H and O–H groups in total. The van der Waals surface area contributed by atoms with E-state index in [1.807, 2.05) is 12.1 Å². The Bertz CT molecular complexity index is 855. The minimum absolute atomic E-state index is 0.0340. The van der Waals surface area contributed by atoms with Crippen molar-refractivity contribution in [2.45, 2.75) is 32.0 Å². The summed E-state index contributed by atoms with van der Waals surface area (Å²) in [6.45, 7) is 4.29. The first-order valence-electron chi connectivity index (χ1n) is 10.4. The molecule has 2 aromatic carbocycles. The van der Waals surface area contributed by atoms with Crippen molar-refractivity contribution >= 4 is 5.91 Å². The number of benzene rings is 2. The summed E-state index contributed by atoms with van der Waals surface area (Å²) in [5.74, 6) is 0.575. The highest BCUT2D eigenvalue weighted by atomic mass is 16.5. The highest BCUT2D eigenvalue weighted by Crippen LogP contribution is 2.25. The Kier molecular flexibility index (Phi) is 6.44. The van der Waals surface area contributed by atoms with Crippen LogP contribution in [-0.2, 0) is 30.7 Å². The molecule has 6 heteroatoms. The van der Waals surface area contributed by atoms with Crippen molar-refractivity contribution in [1.82, 2.24) is 15.5 Å². The van der Waals surface area contributed by atoms with Crippen LogP contribution in [0.5, 0.6) is 5.75 Å². The van der Waals surface area contributed by atoms with Crippen molar-refractivity contribution in [3.05, 3.63) is 64.7 Å². The van der Waals surface area contributed by atoms with E-state index in [1.165, 1.54) is 22.3 Å². The average Bonchev–Trinajstić information content (AvgIpc) is 2.76. The SMILES string of the molecule is O=C(COc1cccc2c1CCNC2)NCC(O)CN1CCc2ccccc2C1. The van der Waals surface area contributed by atoms with E-state index in [0.717, 1.165) is 44.8 Å². The quantitative estimate of drug-likeness (QED) is 0.658. The molecule has 4 rings (SSSR count). The number of hydrogen-bond donors (Lipinski definition) is 3. The highest BCUT2D eigenvalue weighted by Gasteiger charge is 2.19. The Balaban J connectivity index is 1.20. The predicted octanol–water partition coefficient (Wildman–Crippen LogP) is 1.25. The Morgan fingerprint density at radius 3 is 2.86 bits per heavy atom. The molecular formula is C23H29N3O3. The van der Waals surface area contributed by atoms with E-state index in [2.05, 4.69) is 45.9 Å². The molecule has 0 aromatic heterocycles. The summed E-state index contributed by atoms with van der Waals surface area (Å²) in [6, 6.07) is 14.4. The van der Waals surface area contributed by atoms with Gasteiger partial charge in [-0.05, 0) is 47.7 Å². The third-order valence-corrected chi connectivity index (χ3v) is 5.67. The maximum atomic E-state index is 12.2. The van der Waals surface area contributed by atoms with Gasteiger partial charge in [0.1, 0.15) is 5.75 Å². The molecule has 6 nitrogen and oxygen atoms in total. The lowest BCUT2D eigenvalue weighted by atomic mass is 10.00. The molecule has 2 aromatic rings. The lowest BCUT2D eigenvalue weighted by Crippen LogP contribution is -2.42. The normalized spacial score (nSPS) is 17.1. The second-order valence-electron chi connectivity index (χ2n) is 7.82. The fourth-order valence-corrected chi connectivity index (χ4v) is 4.13. The van der Waals surface area contributed by atoms with Gasteiger partial charge in [-0.1, -0.05) is 36.4 Å². The van der Waals surface area contributed by atoms with Gasteiger partial charge in [-0.15, -0.1) is 0 Å². The van der Waals surface area contributed by atoms with Crippen LogP contribution in [0.15, 0.2) is 42.5 Å². The maximum Gasteiger partial charge on any atom is 0.258 e. The number of β-amino-alcohol motifs (C(OH)–C–C–N with tert-alkyl or cyclic N) is 1. The van der Waals surface area contributed by atoms with Crippen molar-refractivity contribution < 1.29 is 14.6 Å². The zero-order valence-corrected chi connectivity index (χ0v) is 16.7.